The first-order valence-electron chi connectivity index (χ1n) is 5.10. The summed E-state index contributed by atoms with van der Waals surface area (Å²) in [7, 11) is 1.68. The lowest BCUT2D eigenvalue weighted by molar-refractivity contribution is 0.414. The van der Waals surface area contributed by atoms with E-state index in [9.17, 15) is 0 Å². The highest BCUT2D eigenvalue weighted by atomic mass is 32.2. The Morgan fingerprint density at radius 2 is 1.87 bits per heavy atom. The van der Waals surface area contributed by atoms with Gasteiger partial charge in [-0.2, -0.15) is 0 Å². The first kappa shape index (κ1) is 12.4. The number of hydrogen-bond acceptors (Lipinski definition) is 3. The van der Waals surface area contributed by atoms with Gasteiger partial charge in [-0.15, -0.1) is 11.8 Å². The Hall–Kier alpha value is -0.670. The zero-order chi connectivity index (χ0) is 11.3. The smallest absolute Gasteiger partial charge is 0.118 e. The molecule has 0 aromatic heterocycles. The molecule has 0 aliphatic heterocycles. The van der Waals surface area contributed by atoms with Gasteiger partial charge in [0.1, 0.15) is 5.75 Å². The summed E-state index contributed by atoms with van der Waals surface area (Å²) < 4.78 is 5.32. The Balaban J connectivity index is 2.64. The van der Waals surface area contributed by atoms with Gasteiger partial charge in [-0.3, -0.25) is 0 Å². The fourth-order valence-corrected chi connectivity index (χ4v) is 2.49. The van der Waals surface area contributed by atoms with Crippen molar-refractivity contribution in [3.05, 3.63) is 24.3 Å². The third-order valence-electron chi connectivity index (χ3n) is 2.20. The minimum Gasteiger partial charge on any atom is -0.497 e. The quantitative estimate of drug-likeness (QED) is 0.783. The predicted molar refractivity (Wildman–Crippen MR) is 66.6 cm³/mol. The van der Waals surface area contributed by atoms with Crippen molar-refractivity contribution >= 4 is 11.8 Å². The molecular formula is C12H19NOS. The van der Waals surface area contributed by atoms with E-state index in [0.29, 0.717) is 0 Å². The van der Waals surface area contributed by atoms with Gasteiger partial charge < -0.3 is 10.5 Å². The molecule has 0 atom stereocenters. The van der Waals surface area contributed by atoms with Crippen LogP contribution in [0.3, 0.4) is 0 Å². The van der Waals surface area contributed by atoms with Crippen LogP contribution < -0.4 is 10.5 Å². The molecule has 0 amide bonds. The second-order valence-electron chi connectivity index (χ2n) is 4.08. The van der Waals surface area contributed by atoms with Crippen molar-refractivity contribution in [3.63, 3.8) is 0 Å². The van der Waals surface area contributed by atoms with E-state index in [4.69, 9.17) is 10.5 Å². The first-order valence-corrected chi connectivity index (χ1v) is 5.92. The lowest BCUT2D eigenvalue weighted by Crippen LogP contribution is -2.19. The van der Waals surface area contributed by atoms with Crippen LogP contribution in [-0.2, 0) is 0 Å². The van der Waals surface area contributed by atoms with E-state index in [2.05, 4.69) is 26.0 Å². The summed E-state index contributed by atoms with van der Waals surface area (Å²) in [6, 6.07) is 8.14. The highest BCUT2D eigenvalue weighted by molar-refractivity contribution is 8.00. The SMILES string of the molecule is COc1ccc(SC(C)(C)CCN)cc1. The highest BCUT2D eigenvalue weighted by Gasteiger charge is 2.17. The number of benzene rings is 1. The van der Waals surface area contributed by atoms with Crippen molar-refractivity contribution in [2.45, 2.75) is 29.9 Å². The van der Waals surface area contributed by atoms with Crippen molar-refractivity contribution < 1.29 is 4.74 Å². The molecular weight excluding hydrogens is 206 g/mol. The Bertz CT molecular complexity index is 295. The predicted octanol–water partition coefficient (Wildman–Crippen LogP) is 2.91. The van der Waals surface area contributed by atoms with E-state index in [1.54, 1.807) is 7.11 Å². The fourth-order valence-electron chi connectivity index (χ4n) is 1.36. The van der Waals surface area contributed by atoms with E-state index >= 15 is 0 Å². The second kappa shape index (κ2) is 5.42. The lowest BCUT2D eigenvalue weighted by Gasteiger charge is -2.23. The van der Waals surface area contributed by atoms with Gasteiger partial charge >= 0.3 is 0 Å². The van der Waals surface area contributed by atoms with E-state index < -0.39 is 0 Å². The Labute approximate surface area is 96.2 Å². The van der Waals surface area contributed by atoms with Crippen molar-refractivity contribution in [2.24, 2.45) is 5.73 Å². The zero-order valence-electron chi connectivity index (χ0n) is 9.62. The third-order valence-corrected chi connectivity index (χ3v) is 3.46. The van der Waals surface area contributed by atoms with Crippen LogP contribution in [0, 0.1) is 0 Å². The molecule has 1 rings (SSSR count). The van der Waals surface area contributed by atoms with Crippen molar-refractivity contribution in [2.75, 3.05) is 13.7 Å². The minimum atomic E-state index is 0.198. The number of methoxy groups -OCH3 is 1. The minimum absolute atomic E-state index is 0.198. The highest BCUT2D eigenvalue weighted by Crippen LogP contribution is 2.35. The standard InChI is InChI=1S/C12H19NOS/c1-12(2,8-9-13)15-11-6-4-10(14-3)5-7-11/h4-7H,8-9,13H2,1-3H3. The van der Waals surface area contributed by atoms with Crippen LogP contribution in [-0.4, -0.2) is 18.4 Å². The average Bonchev–Trinajstić information content (AvgIpc) is 2.18. The van der Waals surface area contributed by atoms with Crippen LogP contribution in [0.4, 0.5) is 0 Å². The maximum Gasteiger partial charge on any atom is 0.118 e. The molecule has 84 valence electrons. The summed E-state index contributed by atoms with van der Waals surface area (Å²) in [6.07, 6.45) is 1.02. The zero-order valence-corrected chi connectivity index (χ0v) is 10.4. The van der Waals surface area contributed by atoms with Gasteiger partial charge in [0.05, 0.1) is 7.11 Å². The molecule has 3 heteroatoms. The van der Waals surface area contributed by atoms with E-state index in [-0.39, 0.29) is 4.75 Å². The Morgan fingerprint density at radius 3 is 2.33 bits per heavy atom. The number of hydrogen-bond donors (Lipinski definition) is 1. The molecule has 0 aliphatic carbocycles. The molecule has 0 bridgehead atoms. The van der Waals surface area contributed by atoms with E-state index in [1.165, 1.54) is 4.90 Å². The summed E-state index contributed by atoms with van der Waals surface area (Å²) in [4.78, 5) is 1.26. The Kier molecular flexibility index (Phi) is 4.48. The van der Waals surface area contributed by atoms with Gasteiger partial charge in [0, 0.05) is 9.64 Å². The molecule has 1 aromatic carbocycles. The third kappa shape index (κ3) is 4.14. The van der Waals surface area contributed by atoms with Gasteiger partial charge in [0.2, 0.25) is 0 Å². The number of ether oxygens (including phenoxy) is 1. The molecule has 0 saturated heterocycles. The largest absolute Gasteiger partial charge is 0.497 e. The molecule has 0 unspecified atom stereocenters. The van der Waals surface area contributed by atoms with Crippen LogP contribution in [0.1, 0.15) is 20.3 Å². The second-order valence-corrected chi connectivity index (χ2v) is 5.86. The van der Waals surface area contributed by atoms with Crippen molar-refractivity contribution in [1.29, 1.82) is 0 Å². The summed E-state index contributed by atoms with van der Waals surface area (Å²) in [5, 5.41) is 0. The fraction of sp³-hybridized carbons (Fsp3) is 0.500. The molecule has 0 heterocycles. The summed E-state index contributed by atoms with van der Waals surface area (Å²) in [5.41, 5.74) is 5.58. The van der Waals surface area contributed by atoms with Crippen LogP contribution in [0.2, 0.25) is 0 Å². The van der Waals surface area contributed by atoms with Crippen LogP contribution in [0.25, 0.3) is 0 Å². The normalized spacial score (nSPS) is 11.5. The van der Waals surface area contributed by atoms with Gasteiger partial charge in [0.25, 0.3) is 0 Å². The van der Waals surface area contributed by atoms with Crippen molar-refractivity contribution in [3.8, 4) is 5.75 Å². The molecule has 0 saturated carbocycles. The van der Waals surface area contributed by atoms with Crippen molar-refractivity contribution in [1.82, 2.24) is 0 Å². The maximum absolute atomic E-state index is 5.58. The summed E-state index contributed by atoms with van der Waals surface area (Å²) >= 11 is 1.85. The molecule has 0 fully saturated rings. The van der Waals surface area contributed by atoms with Gasteiger partial charge in [-0.05, 0) is 37.2 Å². The van der Waals surface area contributed by atoms with E-state index in [1.807, 2.05) is 23.9 Å². The number of rotatable bonds is 5. The molecule has 2 N–H and O–H groups in total. The molecule has 0 radical (unpaired) electrons. The van der Waals surface area contributed by atoms with Crippen LogP contribution in [0.15, 0.2) is 29.2 Å². The lowest BCUT2D eigenvalue weighted by atomic mass is 10.1. The molecule has 0 spiro atoms. The van der Waals surface area contributed by atoms with Crippen LogP contribution in [0.5, 0.6) is 5.75 Å². The summed E-state index contributed by atoms with van der Waals surface area (Å²) in [6.45, 7) is 5.17. The maximum atomic E-state index is 5.58. The van der Waals surface area contributed by atoms with E-state index in [0.717, 1.165) is 18.7 Å². The van der Waals surface area contributed by atoms with Crippen LogP contribution >= 0.6 is 11.8 Å². The number of thioether (sulfide) groups is 1. The Morgan fingerprint density at radius 1 is 1.27 bits per heavy atom. The summed E-state index contributed by atoms with van der Waals surface area (Å²) in [5.74, 6) is 0.899. The molecule has 2 nitrogen and oxygen atoms in total. The van der Waals surface area contributed by atoms with Gasteiger partial charge in [0.15, 0.2) is 0 Å². The first-order chi connectivity index (χ1) is 7.07. The monoisotopic (exact) mass is 225 g/mol. The molecule has 0 aliphatic rings. The van der Waals surface area contributed by atoms with Gasteiger partial charge in [-0.25, -0.2) is 0 Å². The average molecular weight is 225 g/mol. The van der Waals surface area contributed by atoms with Gasteiger partial charge in [-0.1, -0.05) is 13.8 Å². The molecule has 15 heavy (non-hydrogen) atoms. The number of nitrogens with two attached hydrogens (primary N) is 1. The topological polar surface area (TPSA) is 35.2 Å². The molecule has 1 aromatic rings.